The second kappa shape index (κ2) is 51.0. The van der Waals surface area contributed by atoms with E-state index in [9.17, 15) is 14.4 Å². The molecule has 0 bridgehead atoms. The number of hydrogen-bond donors (Lipinski definition) is 0. The first-order valence-corrected chi connectivity index (χ1v) is 25.7. The van der Waals surface area contributed by atoms with E-state index >= 15 is 0 Å². The van der Waals surface area contributed by atoms with Crippen molar-refractivity contribution in [3.63, 3.8) is 0 Å². The quantitative estimate of drug-likeness (QED) is 0.0262. The van der Waals surface area contributed by atoms with E-state index in [0.717, 1.165) is 122 Å². The Balaban J connectivity index is 4.50. The van der Waals surface area contributed by atoms with Gasteiger partial charge in [0.05, 0.1) is 0 Å². The van der Waals surface area contributed by atoms with E-state index in [1.54, 1.807) is 0 Å². The van der Waals surface area contributed by atoms with Gasteiger partial charge in [0.15, 0.2) is 6.10 Å². The van der Waals surface area contributed by atoms with E-state index in [-0.39, 0.29) is 37.5 Å². The molecule has 6 heteroatoms. The van der Waals surface area contributed by atoms with Crippen molar-refractivity contribution in [1.82, 2.24) is 0 Å². The second-order valence-corrected chi connectivity index (χ2v) is 16.7. The van der Waals surface area contributed by atoms with Gasteiger partial charge < -0.3 is 14.2 Å². The standard InChI is InChI=1S/C57H94O6/c1-4-7-10-13-16-19-22-25-27-29-31-32-35-38-41-44-47-50-56(59)62-53-54(52-61-55(58)49-46-43-40-37-34-24-21-18-15-12-9-6-3)63-57(60)51-48-45-42-39-36-33-30-28-26-23-20-17-14-11-8-5-2/h7,9-10,12,16,18-19,21,25,27-28,30-32,38,41,54H,4-6,8,11,13-15,17,20,22-24,26,29,33-37,39-40,42-53H2,1-3H3/b10-7-,12-9-,19-16-,21-18-,27-25-,30-28-,32-31-,41-38-. The van der Waals surface area contributed by atoms with Crippen molar-refractivity contribution in [3.8, 4) is 0 Å². The molecular formula is C57H94O6. The lowest BCUT2D eigenvalue weighted by molar-refractivity contribution is -0.167. The molecule has 63 heavy (non-hydrogen) atoms. The number of ether oxygens (including phenoxy) is 3. The fourth-order valence-corrected chi connectivity index (χ4v) is 6.74. The van der Waals surface area contributed by atoms with Gasteiger partial charge in [-0.1, -0.05) is 195 Å². The molecule has 0 spiro atoms. The summed E-state index contributed by atoms with van der Waals surface area (Å²) >= 11 is 0. The van der Waals surface area contributed by atoms with E-state index in [0.29, 0.717) is 19.3 Å². The van der Waals surface area contributed by atoms with Crippen LogP contribution in [0.4, 0.5) is 0 Å². The van der Waals surface area contributed by atoms with Crippen molar-refractivity contribution in [2.75, 3.05) is 13.2 Å². The van der Waals surface area contributed by atoms with Gasteiger partial charge in [-0.25, -0.2) is 0 Å². The van der Waals surface area contributed by atoms with E-state index in [2.05, 4.69) is 118 Å². The summed E-state index contributed by atoms with van der Waals surface area (Å²) in [5.41, 5.74) is 0. The molecule has 0 amide bonds. The largest absolute Gasteiger partial charge is 0.462 e. The highest BCUT2D eigenvalue weighted by atomic mass is 16.6. The van der Waals surface area contributed by atoms with E-state index in [4.69, 9.17) is 14.2 Å². The van der Waals surface area contributed by atoms with Gasteiger partial charge in [0, 0.05) is 19.3 Å². The van der Waals surface area contributed by atoms with Crippen molar-refractivity contribution >= 4 is 17.9 Å². The van der Waals surface area contributed by atoms with Crippen LogP contribution >= 0.6 is 0 Å². The molecule has 0 radical (unpaired) electrons. The maximum Gasteiger partial charge on any atom is 0.306 e. The van der Waals surface area contributed by atoms with Crippen LogP contribution in [-0.4, -0.2) is 37.2 Å². The SMILES string of the molecule is CC/C=C\C/C=C\C/C=C\C/C=C\C/C=C\CCCC(=O)OCC(COC(=O)CCCCCCC/C=C\C/C=C\CC)OC(=O)CCCCCCC/C=C\CCCCCCCCC. The lowest BCUT2D eigenvalue weighted by Crippen LogP contribution is -2.30. The Labute approximate surface area is 387 Å². The normalized spacial score (nSPS) is 12.9. The van der Waals surface area contributed by atoms with Crippen LogP contribution < -0.4 is 0 Å². The molecule has 0 rings (SSSR count). The lowest BCUT2D eigenvalue weighted by Gasteiger charge is -2.18. The van der Waals surface area contributed by atoms with Crippen LogP contribution in [0, 0.1) is 0 Å². The van der Waals surface area contributed by atoms with Crippen LogP contribution in [0.5, 0.6) is 0 Å². The maximum atomic E-state index is 12.8. The second-order valence-electron chi connectivity index (χ2n) is 16.7. The van der Waals surface area contributed by atoms with Gasteiger partial charge in [0.25, 0.3) is 0 Å². The zero-order chi connectivity index (χ0) is 45.8. The van der Waals surface area contributed by atoms with Crippen molar-refractivity contribution in [1.29, 1.82) is 0 Å². The highest BCUT2D eigenvalue weighted by Gasteiger charge is 2.19. The van der Waals surface area contributed by atoms with Crippen molar-refractivity contribution < 1.29 is 28.6 Å². The molecule has 0 aliphatic rings. The molecule has 0 aromatic heterocycles. The molecule has 0 aromatic rings. The topological polar surface area (TPSA) is 78.9 Å². The van der Waals surface area contributed by atoms with Gasteiger partial charge in [0.1, 0.15) is 13.2 Å². The number of esters is 3. The zero-order valence-corrected chi connectivity index (χ0v) is 40.8. The number of carbonyl (C=O) groups is 3. The summed E-state index contributed by atoms with van der Waals surface area (Å²) < 4.78 is 16.7. The smallest absolute Gasteiger partial charge is 0.306 e. The van der Waals surface area contributed by atoms with Crippen molar-refractivity contribution in [2.24, 2.45) is 0 Å². The predicted molar refractivity (Wildman–Crippen MR) is 270 cm³/mol. The van der Waals surface area contributed by atoms with Crippen molar-refractivity contribution in [2.45, 2.75) is 232 Å². The van der Waals surface area contributed by atoms with Crippen LogP contribution in [0.1, 0.15) is 226 Å². The predicted octanol–water partition coefficient (Wildman–Crippen LogP) is 17.0. The fraction of sp³-hybridized carbons (Fsp3) is 0.667. The molecule has 0 saturated heterocycles. The molecule has 0 saturated carbocycles. The fourth-order valence-electron chi connectivity index (χ4n) is 6.74. The summed E-state index contributed by atoms with van der Waals surface area (Å²) in [4.78, 5) is 37.9. The average Bonchev–Trinajstić information content (AvgIpc) is 3.28. The minimum atomic E-state index is -0.810. The minimum absolute atomic E-state index is 0.107. The molecule has 0 fully saturated rings. The molecule has 1 atom stereocenters. The summed E-state index contributed by atoms with van der Waals surface area (Å²) in [6.07, 6.45) is 66.8. The number of allylic oxidation sites excluding steroid dienone is 16. The van der Waals surface area contributed by atoms with Gasteiger partial charge in [-0.05, 0) is 109 Å². The Morgan fingerprint density at radius 3 is 1.05 bits per heavy atom. The van der Waals surface area contributed by atoms with Gasteiger partial charge in [-0.2, -0.15) is 0 Å². The Hall–Kier alpha value is -3.67. The monoisotopic (exact) mass is 875 g/mol. The van der Waals surface area contributed by atoms with Gasteiger partial charge in [-0.15, -0.1) is 0 Å². The molecule has 358 valence electrons. The third-order valence-electron chi connectivity index (χ3n) is 10.6. The summed E-state index contributed by atoms with van der Waals surface area (Å²) in [5.74, 6) is -0.993. The zero-order valence-electron chi connectivity index (χ0n) is 40.8. The molecule has 1 unspecified atom stereocenters. The molecular weight excluding hydrogens is 781 g/mol. The van der Waals surface area contributed by atoms with Crippen molar-refractivity contribution in [3.05, 3.63) is 97.2 Å². The van der Waals surface area contributed by atoms with Gasteiger partial charge in [-0.3, -0.25) is 14.4 Å². The van der Waals surface area contributed by atoms with Crippen LogP contribution in [0.15, 0.2) is 97.2 Å². The first-order valence-electron chi connectivity index (χ1n) is 25.7. The first-order chi connectivity index (χ1) is 31.0. The molecule has 0 aliphatic carbocycles. The summed E-state index contributed by atoms with van der Waals surface area (Å²) in [6.45, 7) is 6.33. The third-order valence-corrected chi connectivity index (χ3v) is 10.6. The summed E-state index contributed by atoms with van der Waals surface area (Å²) in [5, 5.41) is 0. The Morgan fingerprint density at radius 2 is 0.635 bits per heavy atom. The number of unbranched alkanes of at least 4 members (excludes halogenated alkanes) is 18. The average molecular weight is 875 g/mol. The minimum Gasteiger partial charge on any atom is -0.462 e. The summed E-state index contributed by atoms with van der Waals surface area (Å²) in [7, 11) is 0. The highest BCUT2D eigenvalue weighted by molar-refractivity contribution is 5.71. The molecule has 0 N–H and O–H groups in total. The number of hydrogen-bond acceptors (Lipinski definition) is 6. The molecule has 0 aliphatic heterocycles. The van der Waals surface area contributed by atoms with Crippen LogP contribution in [0.2, 0.25) is 0 Å². The van der Waals surface area contributed by atoms with E-state index in [1.165, 1.54) is 57.8 Å². The third kappa shape index (κ3) is 49.2. The summed E-state index contributed by atoms with van der Waals surface area (Å²) in [6, 6.07) is 0. The van der Waals surface area contributed by atoms with E-state index in [1.807, 2.05) is 0 Å². The van der Waals surface area contributed by atoms with Gasteiger partial charge >= 0.3 is 17.9 Å². The number of carbonyl (C=O) groups excluding carboxylic acids is 3. The molecule has 0 aromatic carbocycles. The van der Waals surface area contributed by atoms with Crippen LogP contribution in [0.25, 0.3) is 0 Å². The highest BCUT2D eigenvalue weighted by Crippen LogP contribution is 2.13. The molecule has 0 heterocycles. The van der Waals surface area contributed by atoms with Crippen LogP contribution in [-0.2, 0) is 28.6 Å². The van der Waals surface area contributed by atoms with E-state index < -0.39 is 6.10 Å². The number of rotatable bonds is 45. The lowest BCUT2D eigenvalue weighted by atomic mass is 10.1. The Bertz CT molecular complexity index is 1280. The Kier molecular flexibility index (Phi) is 48.0. The molecule has 6 nitrogen and oxygen atoms in total. The first kappa shape index (κ1) is 59.3. The van der Waals surface area contributed by atoms with Gasteiger partial charge in [0.2, 0.25) is 0 Å². The maximum absolute atomic E-state index is 12.8. The van der Waals surface area contributed by atoms with Crippen LogP contribution in [0.3, 0.4) is 0 Å². The Morgan fingerprint density at radius 1 is 0.333 bits per heavy atom.